The number of aliphatic hydroxyl groups is 9. The fraction of sp³-hybridized carbons (Fsp3) is 1.00. The minimum absolute atomic E-state index is 0.228. The molecule has 9 N–H and O–H groups in total. The lowest BCUT2D eigenvalue weighted by atomic mass is 9.96. The molecule has 0 spiro atoms. The second-order valence-electron chi connectivity index (χ2n) is 8.20. The third-order valence-corrected chi connectivity index (χ3v) is 5.97. The largest absolute Gasteiger partial charge is 0.394 e. The van der Waals surface area contributed by atoms with E-state index in [0.717, 1.165) is 0 Å². The molecule has 3 aliphatic heterocycles. The van der Waals surface area contributed by atoms with E-state index in [1.165, 1.54) is 6.92 Å². The summed E-state index contributed by atoms with van der Waals surface area (Å²) in [7, 11) is 0. The first-order valence-electron chi connectivity index (χ1n) is 10.3. The fourth-order valence-corrected chi connectivity index (χ4v) is 3.97. The van der Waals surface area contributed by atoms with Crippen LogP contribution < -0.4 is 0 Å². The van der Waals surface area contributed by atoms with Crippen LogP contribution in [0.4, 0.5) is 0 Å². The summed E-state index contributed by atoms with van der Waals surface area (Å²) < 4.78 is 27.0. The Morgan fingerprint density at radius 1 is 0.656 bits per heavy atom. The van der Waals surface area contributed by atoms with Crippen LogP contribution in [-0.4, -0.2) is 152 Å². The highest BCUT2D eigenvalue weighted by Gasteiger charge is 2.51. The van der Waals surface area contributed by atoms with Gasteiger partial charge in [-0.15, -0.1) is 0 Å². The minimum atomic E-state index is -1.73. The maximum atomic E-state index is 10.6. The van der Waals surface area contributed by atoms with E-state index in [9.17, 15) is 46.0 Å². The monoisotopic (exact) mass is 472 g/mol. The Balaban J connectivity index is 1.67. The molecule has 0 amide bonds. The van der Waals surface area contributed by atoms with Crippen LogP contribution in [0, 0.1) is 0 Å². The maximum absolute atomic E-state index is 10.6. The molecule has 0 aromatic heterocycles. The van der Waals surface area contributed by atoms with E-state index in [2.05, 4.69) is 0 Å². The summed E-state index contributed by atoms with van der Waals surface area (Å²) in [6.45, 7) is 0.00513. The van der Waals surface area contributed by atoms with Gasteiger partial charge in [-0.3, -0.25) is 0 Å². The first-order chi connectivity index (χ1) is 15.1. The van der Waals surface area contributed by atoms with E-state index in [4.69, 9.17) is 23.7 Å². The van der Waals surface area contributed by atoms with Crippen LogP contribution in [0.5, 0.6) is 0 Å². The van der Waals surface area contributed by atoms with Crippen molar-refractivity contribution in [3.05, 3.63) is 0 Å². The third-order valence-electron chi connectivity index (χ3n) is 5.97. The fourth-order valence-electron chi connectivity index (χ4n) is 3.97. The smallest absolute Gasteiger partial charge is 0.187 e. The summed E-state index contributed by atoms with van der Waals surface area (Å²) in [6, 6.07) is 0. The lowest BCUT2D eigenvalue weighted by Gasteiger charge is -2.47. The molecule has 14 unspecified atom stereocenters. The molecular weight excluding hydrogens is 440 g/mol. The van der Waals surface area contributed by atoms with Gasteiger partial charge in [-0.05, 0) is 6.92 Å². The Morgan fingerprint density at radius 3 is 1.84 bits per heavy atom. The number of rotatable bonds is 6. The van der Waals surface area contributed by atoms with Gasteiger partial charge in [0.05, 0.1) is 25.9 Å². The number of hydrogen-bond acceptors (Lipinski definition) is 14. The molecule has 3 rings (SSSR count). The van der Waals surface area contributed by atoms with Crippen LogP contribution in [0.2, 0.25) is 0 Å². The highest BCUT2D eigenvalue weighted by atomic mass is 16.7. The molecule has 0 aromatic carbocycles. The first kappa shape index (κ1) is 26.1. The second kappa shape index (κ2) is 10.8. The van der Waals surface area contributed by atoms with Crippen LogP contribution in [0.25, 0.3) is 0 Å². The SMILES string of the molecule is CC1OC(OC2C(CO)OCC(O)C2O)C(O)C(O)C1OC1OC(CO)C(O)C(O)C1O. The first-order valence-corrected chi connectivity index (χ1v) is 10.3. The molecule has 14 heteroatoms. The van der Waals surface area contributed by atoms with Gasteiger partial charge in [-0.25, -0.2) is 0 Å². The summed E-state index contributed by atoms with van der Waals surface area (Å²) >= 11 is 0. The molecule has 3 saturated heterocycles. The molecule has 14 nitrogen and oxygen atoms in total. The molecule has 3 fully saturated rings. The van der Waals surface area contributed by atoms with Crippen molar-refractivity contribution in [2.24, 2.45) is 0 Å². The van der Waals surface area contributed by atoms with Crippen molar-refractivity contribution in [1.82, 2.24) is 0 Å². The molecule has 14 atom stereocenters. The van der Waals surface area contributed by atoms with Crippen LogP contribution in [0.15, 0.2) is 0 Å². The standard InChI is InChI=1S/C18H32O14/c1-5-15(31-18-13(26)11(24)10(23)7(2-19)30-18)12(25)14(27)17(29-5)32-16-8(3-20)28-4-6(21)9(16)22/h5-27H,2-4H2,1H3. The van der Waals surface area contributed by atoms with Crippen LogP contribution in [0.3, 0.4) is 0 Å². The van der Waals surface area contributed by atoms with Crippen molar-refractivity contribution < 1.29 is 69.6 Å². The van der Waals surface area contributed by atoms with E-state index in [1.807, 2.05) is 0 Å². The van der Waals surface area contributed by atoms with Crippen molar-refractivity contribution in [2.75, 3.05) is 19.8 Å². The topological polar surface area (TPSA) is 228 Å². The summed E-state index contributed by atoms with van der Waals surface area (Å²) in [5.41, 5.74) is 0. The van der Waals surface area contributed by atoms with E-state index < -0.39 is 99.0 Å². The number of aliphatic hydroxyl groups excluding tert-OH is 9. The molecule has 0 bridgehead atoms. The van der Waals surface area contributed by atoms with Crippen molar-refractivity contribution >= 4 is 0 Å². The van der Waals surface area contributed by atoms with Crippen molar-refractivity contribution in [1.29, 1.82) is 0 Å². The van der Waals surface area contributed by atoms with Gasteiger partial charge in [-0.2, -0.15) is 0 Å². The van der Waals surface area contributed by atoms with Gasteiger partial charge in [0.1, 0.15) is 67.1 Å². The summed E-state index contributed by atoms with van der Waals surface area (Å²) in [5.74, 6) is 0. The molecule has 32 heavy (non-hydrogen) atoms. The van der Waals surface area contributed by atoms with Crippen molar-refractivity contribution in [2.45, 2.75) is 92.8 Å². The Hall–Kier alpha value is -0.560. The highest BCUT2D eigenvalue weighted by molar-refractivity contribution is 4.94. The summed E-state index contributed by atoms with van der Waals surface area (Å²) in [5, 5.41) is 89.6. The Kier molecular flexibility index (Phi) is 8.79. The van der Waals surface area contributed by atoms with E-state index >= 15 is 0 Å². The van der Waals surface area contributed by atoms with E-state index in [-0.39, 0.29) is 6.61 Å². The molecule has 188 valence electrons. The quantitative estimate of drug-likeness (QED) is 0.175. The third kappa shape index (κ3) is 5.08. The van der Waals surface area contributed by atoms with Crippen LogP contribution in [-0.2, 0) is 23.7 Å². The highest BCUT2D eigenvalue weighted by Crippen LogP contribution is 2.31. The average Bonchev–Trinajstić information content (AvgIpc) is 2.77. The van der Waals surface area contributed by atoms with Gasteiger partial charge in [0.2, 0.25) is 0 Å². The van der Waals surface area contributed by atoms with Crippen LogP contribution in [0.1, 0.15) is 6.92 Å². The maximum Gasteiger partial charge on any atom is 0.187 e. The Labute approximate surface area is 183 Å². The zero-order valence-electron chi connectivity index (χ0n) is 17.3. The van der Waals surface area contributed by atoms with E-state index in [1.54, 1.807) is 0 Å². The van der Waals surface area contributed by atoms with E-state index in [0.29, 0.717) is 0 Å². The normalized spacial score (nSPS) is 52.7. The average molecular weight is 472 g/mol. The van der Waals surface area contributed by atoms with Gasteiger partial charge in [0.25, 0.3) is 0 Å². The van der Waals surface area contributed by atoms with Crippen LogP contribution >= 0.6 is 0 Å². The van der Waals surface area contributed by atoms with Gasteiger partial charge < -0.3 is 69.6 Å². The molecule has 0 aliphatic carbocycles. The molecule has 3 aliphatic rings. The predicted octanol–water partition coefficient (Wildman–Crippen LogP) is -5.86. The van der Waals surface area contributed by atoms with Gasteiger partial charge in [0.15, 0.2) is 12.6 Å². The van der Waals surface area contributed by atoms with Crippen molar-refractivity contribution in [3.63, 3.8) is 0 Å². The lowest BCUT2D eigenvalue weighted by molar-refractivity contribution is -0.367. The minimum Gasteiger partial charge on any atom is -0.394 e. The number of ether oxygens (including phenoxy) is 5. The lowest BCUT2D eigenvalue weighted by Crippen LogP contribution is -2.65. The molecular formula is C18H32O14. The summed E-state index contributed by atoms with van der Waals surface area (Å²) in [6.07, 6.45) is -20.0. The predicted molar refractivity (Wildman–Crippen MR) is 98.7 cm³/mol. The van der Waals surface area contributed by atoms with Crippen molar-refractivity contribution in [3.8, 4) is 0 Å². The second-order valence-corrected chi connectivity index (χ2v) is 8.20. The zero-order valence-corrected chi connectivity index (χ0v) is 17.3. The molecule has 0 radical (unpaired) electrons. The summed E-state index contributed by atoms with van der Waals surface area (Å²) in [4.78, 5) is 0. The molecule has 0 saturated carbocycles. The number of hydrogen-bond donors (Lipinski definition) is 9. The Bertz CT molecular complexity index is 592. The zero-order chi connectivity index (χ0) is 23.7. The Morgan fingerprint density at radius 2 is 1.22 bits per heavy atom. The van der Waals surface area contributed by atoms with Gasteiger partial charge >= 0.3 is 0 Å². The molecule has 0 aromatic rings. The van der Waals surface area contributed by atoms with Gasteiger partial charge in [-0.1, -0.05) is 0 Å². The molecule has 3 heterocycles. The van der Waals surface area contributed by atoms with Gasteiger partial charge in [0, 0.05) is 0 Å².